The van der Waals surface area contributed by atoms with Gasteiger partial charge in [-0.3, -0.25) is 4.99 Å². The summed E-state index contributed by atoms with van der Waals surface area (Å²) in [5.74, 6) is 0.636. The molecule has 3 aliphatic rings. The quantitative estimate of drug-likeness (QED) is 0.678. The fourth-order valence-corrected chi connectivity index (χ4v) is 4.01. The lowest BCUT2D eigenvalue weighted by atomic mass is 9.75. The Kier molecular flexibility index (Phi) is 4.51. The van der Waals surface area contributed by atoms with Crippen molar-refractivity contribution in [2.45, 2.75) is 32.1 Å². The molecule has 1 atom stereocenters. The van der Waals surface area contributed by atoms with Crippen molar-refractivity contribution in [1.82, 2.24) is 5.32 Å². The van der Waals surface area contributed by atoms with E-state index in [-0.39, 0.29) is 0 Å². The lowest BCUT2D eigenvalue weighted by molar-refractivity contribution is 0.631. The number of aliphatic imine (C=N–C) groups is 1. The van der Waals surface area contributed by atoms with Crippen LogP contribution in [0.5, 0.6) is 0 Å². The summed E-state index contributed by atoms with van der Waals surface area (Å²) in [7, 11) is 0. The van der Waals surface area contributed by atoms with Crippen LogP contribution in [0.3, 0.4) is 0 Å². The first-order chi connectivity index (χ1) is 12.3. The maximum absolute atomic E-state index is 3.81. The number of hydrogen-bond acceptors (Lipinski definition) is 2. The Morgan fingerprint density at radius 3 is 2.72 bits per heavy atom. The average Bonchev–Trinajstić information content (AvgIpc) is 2.70. The van der Waals surface area contributed by atoms with Gasteiger partial charge >= 0.3 is 0 Å². The largest absolute Gasteiger partial charge is 0.385 e. The number of nitrogens with one attached hydrogen (secondary N) is 1. The lowest BCUT2D eigenvalue weighted by Crippen LogP contribution is -2.11. The molecule has 1 aliphatic heterocycles. The normalized spacial score (nSPS) is 20.0. The smallest absolute Gasteiger partial charge is 0.0498 e. The third kappa shape index (κ3) is 3.17. The number of allylic oxidation sites excluding steroid dienone is 3. The molecule has 0 aromatic heterocycles. The minimum Gasteiger partial charge on any atom is -0.385 e. The number of aryl methyl sites for hydroxylation is 1. The third-order valence-electron chi connectivity index (χ3n) is 5.22. The van der Waals surface area contributed by atoms with E-state index < -0.39 is 0 Å². The molecule has 1 heterocycles. The van der Waals surface area contributed by atoms with Crippen LogP contribution in [0.1, 0.15) is 41.9 Å². The van der Waals surface area contributed by atoms with E-state index in [1.54, 1.807) is 11.8 Å². The van der Waals surface area contributed by atoms with Crippen molar-refractivity contribution < 1.29 is 0 Å². The number of hydrogen-bond donors (Lipinski definition) is 1. The number of rotatable bonds is 0. The molecule has 2 nitrogen and oxygen atoms in total. The Morgan fingerprint density at radius 1 is 1.12 bits per heavy atom. The van der Waals surface area contributed by atoms with Crippen molar-refractivity contribution in [2.75, 3.05) is 6.54 Å². The second-order valence-corrected chi connectivity index (χ2v) is 6.82. The summed E-state index contributed by atoms with van der Waals surface area (Å²) in [5.41, 5.74) is 5.94. The molecule has 126 valence electrons. The highest BCUT2D eigenvalue weighted by molar-refractivity contribution is 5.95. The molecule has 0 bridgehead atoms. The fraction of sp³-hybridized carbons (Fsp3) is 0.261. The van der Waals surface area contributed by atoms with Gasteiger partial charge in [0.25, 0.3) is 0 Å². The number of nitrogens with zero attached hydrogens (tertiary/aromatic N) is 1. The van der Waals surface area contributed by atoms with Crippen LogP contribution in [0.4, 0.5) is 0 Å². The summed E-state index contributed by atoms with van der Waals surface area (Å²) in [6.45, 7) is 3.11. The third-order valence-corrected chi connectivity index (χ3v) is 5.22. The summed E-state index contributed by atoms with van der Waals surface area (Å²) in [6, 6.07) is 11.2. The Bertz CT molecular complexity index is 888. The van der Waals surface area contributed by atoms with Gasteiger partial charge in [0.1, 0.15) is 0 Å². The standard InChI is InChI=1S/C19H18.C4H6N2/c1-13-12-19-16-8-3-2-6-14(16)10-11-18(19)17-9-5-4-7-15(13)17;1-2-6-4-3-5-1/h4-7,9-12,16H,2-3,8H2,1H3;1-3,6H,4H2. The van der Waals surface area contributed by atoms with Gasteiger partial charge in [-0.25, -0.2) is 0 Å². The van der Waals surface area contributed by atoms with Crippen LogP contribution >= 0.6 is 0 Å². The molecule has 0 saturated heterocycles. The van der Waals surface area contributed by atoms with Crippen LogP contribution in [0.15, 0.2) is 65.4 Å². The molecule has 5 rings (SSSR count). The van der Waals surface area contributed by atoms with Crippen LogP contribution < -0.4 is 5.32 Å². The molecule has 2 heteroatoms. The van der Waals surface area contributed by atoms with Gasteiger partial charge in [0.2, 0.25) is 0 Å². The minimum absolute atomic E-state index is 0.636. The summed E-state index contributed by atoms with van der Waals surface area (Å²) >= 11 is 0. The fourth-order valence-electron chi connectivity index (χ4n) is 4.01. The van der Waals surface area contributed by atoms with E-state index in [9.17, 15) is 0 Å². The van der Waals surface area contributed by atoms with Crippen molar-refractivity contribution >= 4 is 23.1 Å². The van der Waals surface area contributed by atoms with Crippen LogP contribution in [-0.4, -0.2) is 12.8 Å². The van der Waals surface area contributed by atoms with Crippen LogP contribution in [-0.2, 0) is 0 Å². The first-order valence-electron chi connectivity index (χ1n) is 9.15. The lowest BCUT2D eigenvalue weighted by Gasteiger charge is -2.29. The molecule has 0 saturated carbocycles. The molecular formula is C23H24N2. The van der Waals surface area contributed by atoms with Crippen molar-refractivity contribution in [2.24, 2.45) is 4.99 Å². The van der Waals surface area contributed by atoms with Gasteiger partial charge < -0.3 is 5.32 Å². The summed E-state index contributed by atoms with van der Waals surface area (Å²) < 4.78 is 0. The van der Waals surface area contributed by atoms with E-state index in [4.69, 9.17) is 0 Å². The highest BCUT2D eigenvalue weighted by atomic mass is 14.9. The van der Waals surface area contributed by atoms with Gasteiger partial charge in [-0.2, -0.15) is 0 Å². The van der Waals surface area contributed by atoms with Crippen molar-refractivity contribution in [3.63, 3.8) is 0 Å². The molecule has 1 unspecified atom stereocenters. The number of fused-ring (bicyclic) bond motifs is 5. The van der Waals surface area contributed by atoms with Crippen LogP contribution in [0.2, 0.25) is 0 Å². The summed E-state index contributed by atoms with van der Waals surface area (Å²) in [6.07, 6.45) is 16.3. The summed E-state index contributed by atoms with van der Waals surface area (Å²) in [5, 5.41) is 5.77. The topological polar surface area (TPSA) is 24.4 Å². The Hall–Kier alpha value is -2.61. The van der Waals surface area contributed by atoms with Crippen LogP contribution in [0, 0.1) is 6.92 Å². The van der Waals surface area contributed by atoms with Gasteiger partial charge in [0.05, 0.1) is 0 Å². The van der Waals surface area contributed by atoms with E-state index in [1.165, 1.54) is 46.7 Å². The van der Waals surface area contributed by atoms with E-state index in [2.05, 4.69) is 65.8 Å². The second kappa shape index (κ2) is 7.10. The molecule has 2 aliphatic carbocycles. The first kappa shape index (κ1) is 15.9. The zero-order chi connectivity index (χ0) is 17.1. The highest BCUT2D eigenvalue weighted by Crippen LogP contribution is 2.43. The molecule has 2 aromatic rings. The highest BCUT2D eigenvalue weighted by Gasteiger charge is 2.24. The van der Waals surface area contributed by atoms with E-state index >= 15 is 0 Å². The minimum atomic E-state index is 0.636. The zero-order valence-electron chi connectivity index (χ0n) is 14.7. The molecule has 25 heavy (non-hydrogen) atoms. The van der Waals surface area contributed by atoms with Gasteiger partial charge in [-0.1, -0.05) is 48.6 Å². The molecule has 2 aromatic carbocycles. The zero-order valence-corrected chi connectivity index (χ0v) is 14.7. The SMILES string of the molecule is C1=CNCC=N1.Cc1cc2c(c3ccccc13)C=CC1=CCCCC12. The molecule has 0 fully saturated rings. The van der Waals surface area contributed by atoms with E-state index in [0.717, 1.165) is 6.54 Å². The predicted molar refractivity (Wildman–Crippen MR) is 108 cm³/mol. The molecule has 0 amide bonds. The summed E-state index contributed by atoms with van der Waals surface area (Å²) in [4.78, 5) is 3.81. The molecule has 1 N–H and O–H groups in total. The average molecular weight is 328 g/mol. The Balaban J connectivity index is 0.000000223. The molecule has 0 radical (unpaired) electrons. The van der Waals surface area contributed by atoms with Crippen molar-refractivity contribution in [3.8, 4) is 0 Å². The monoisotopic (exact) mass is 328 g/mol. The number of benzene rings is 2. The van der Waals surface area contributed by atoms with Gasteiger partial charge in [-0.15, -0.1) is 0 Å². The van der Waals surface area contributed by atoms with Crippen molar-refractivity contribution in [3.05, 3.63) is 77.1 Å². The van der Waals surface area contributed by atoms with Gasteiger partial charge in [0.15, 0.2) is 0 Å². The molecule has 0 spiro atoms. The van der Waals surface area contributed by atoms with Crippen molar-refractivity contribution in [1.29, 1.82) is 0 Å². The van der Waals surface area contributed by atoms with E-state index in [0.29, 0.717) is 5.92 Å². The molecular weight excluding hydrogens is 304 g/mol. The first-order valence-corrected chi connectivity index (χ1v) is 9.15. The van der Waals surface area contributed by atoms with Crippen LogP contribution in [0.25, 0.3) is 16.8 Å². The van der Waals surface area contributed by atoms with E-state index in [1.807, 2.05) is 12.4 Å². The van der Waals surface area contributed by atoms with Gasteiger partial charge in [-0.05, 0) is 59.2 Å². The predicted octanol–water partition coefficient (Wildman–Crippen LogP) is 5.50. The second-order valence-electron chi connectivity index (χ2n) is 6.82. The van der Waals surface area contributed by atoms with Gasteiger partial charge in [0, 0.05) is 31.1 Å². The maximum atomic E-state index is 3.81. The Morgan fingerprint density at radius 2 is 2.00 bits per heavy atom. The Labute approximate surface area is 149 Å². The maximum Gasteiger partial charge on any atom is 0.0498 e.